The smallest absolute Gasteiger partial charge is 0.137 e. The Kier molecular flexibility index (Phi) is 5.70. The highest BCUT2D eigenvalue weighted by atomic mass is 19.1. The molecule has 22 heavy (non-hydrogen) atoms. The molecule has 1 saturated heterocycles. The molecule has 0 bridgehead atoms. The summed E-state index contributed by atoms with van der Waals surface area (Å²) in [6.45, 7) is 4.99. The normalized spacial score (nSPS) is 20.4. The van der Waals surface area contributed by atoms with Crippen LogP contribution < -0.4 is 0 Å². The molecule has 1 N–H and O–H groups in total. The van der Waals surface area contributed by atoms with Crippen LogP contribution in [0.2, 0.25) is 0 Å². The Labute approximate surface area is 132 Å². The van der Waals surface area contributed by atoms with Crippen molar-refractivity contribution < 1.29 is 14.3 Å². The van der Waals surface area contributed by atoms with E-state index in [1.54, 1.807) is 26.0 Å². The fraction of sp³-hybridized carbons (Fsp3) is 0.611. The number of rotatable bonds is 6. The molecule has 2 atom stereocenters. The first-order valence-corrected chi connectivity index (χ1v) is 8.13. The van der Waals surface area contributed by atoms with Gasteiger partial charge in [-0.25, -0.2) is 4.39 Å². The van der Waals surface area contributed by atoms with Gasteiger partial charge in [-0.2, -0.15) is 0 Å². The second kappa shape index (κ2) is 7.34. The average Bonchev–Trinajstić information content (AvgIpc) is 2.50. The SMILES string of the molecule is CC(=O)C(CCc1ccc(F)cc1)C(C)(O)N1CCCCC1. The molecule has 0 aliphatic carbocycles. The summed E-state index contributed by atoms with van der Waals surface area (Å²) in [5, 5.41) is 10.9. The quantitative estimate of drug-likeness (QED) is 0.877. The van der Waals surface area contributed by atoms with Crippen LogP contribution in [0.1, 0.15) is 45.1 Å². The monoisotopic (exact) mass is 307 g/mol. The molecule has 4 heteroatoms. The van der Waals surface area contributed by atoms with E-state index in [9.17, 15) is 14.3 Å². The Balaban J connectivity index is 2.04. The van der Waals surface area contributed by atoms with Crippen LogP contribution in [0, 0.1) is 11.7 Å². The molecule has 0 saturated carbocycles. The number of aliphatic hydroxyl groups is 1. The van der Waals surface area contributed by atoms with E-state index in [-0.39, 0.29) is 11.6 Å². The number of hydrogen-bond acceptors (Lipinski definition) is 3. The van der Waals surface area contributed by atoms with E-state index in [1.165, 1.54) is 18.6 Å². The highest BCUT2D eigenvalue weighted by molar-refractivity contribution is 5.79. The fourth-order valence-electron chi connectivity index (χ4n) is 3.39. The van der Waals surface area contributed by atoms with Gasteiger partial charge in [0.2, 0.25) is 0 Å². The van der Waals surface area contributed by atoms with Gasteiger partial charge in [0, 0.05) is 13.1 Å². The van der Waals surface area contributed by atoms with Crippen molar-refractivity contribution in [3.05, 3.63) is 35.6 Å². The van der Waals surface area contributed by atoms with E-state index in [1.807, 2.05) is 4.90 Å². The Morgan fingerprint density at radius 1 is 1.27 bits per heavy atom. The third-order valence-corrected chi connectivity index (χ3v) is 4.78. The summed E-state index contributed by atoms with van der Waals surface area (Å²) < 4.78 is 12.9. The molecule has 1 aromatic rings. The highest BCUT2D eigenvalue weighted by Gasteiger charge is 2.40. The first kappa shape index (κ1) is 17.1. The van der Waals surface area contributed by atoms with E-state index >= 15 is 0 Å². The molecule has 2 rings (SSSR count). The molecule has 3 nitrogen and oxygen atoms in total. The first-order valence-electron chi connectivity index (χ1n) is 8.13. The van der Waals surface area contributed by atoms with Crippen LogP contribution in [-0.4, -0.2) is 34.6 Å². The molecular formula is C18H26FNO2. The summed E-state index contributed by atoms with van der Waals surface area (Å²) >= 11 is 0. The summed E-state index contributed by atoms with van der Waals surface area (Å²) in [6, 6.07) is 6.34. The van der Waals surface area contributed by atoms with Crippen LogP contribution in [0.15, 0.2) is 24.3 Å². The van der Waals surface area contributed by atoms with Crippen LogP contribution in [0.3, 0.4) is 0 Å². The minimum absolute atomic E-state index is 0.0117. The van der Waals surface area contributed by atoms with Gasteiger partial charge in [-0.15, -0.1) is 0 Å². The lowest BCUT2D eigenvalue weighted by atomic mass is 9.85. The minimum atomic E-state index is -1.10. The number of halogens is 1. The number of carbonyl (C=O) groups is 1. The molecule has 1 fully saturated rings. The number of aryl methyl sites for hydroxylation is 1. The Hall–Kier alpha value is -1.26. The molecular weight excluding hydrogens is 281 g/mol. The highest BCUT2D eigenvalue weighted by Crippen LogP contribution is 2.30. The van der Waals surface area contributed by atoms with Crippen LogP contribution in [0.4, 0.5) is 4.39 Å². The van der Waals surface area contributed by atoms with Gasteiger partial charge in [-0.3, -0.25) is 9.69 Å². The third kappa shape index (κ3) is 4.14. The Morgan fingerprint density at radius 2 is 1.86 bits per heavy atom. The third-order valence-electron chi connectivity index (χ3n) is 4.78. The number of benzene rings is 1. The van der Waals surface area contributed by atoms with Gasteiger partial charge < -0.3 is 5.11 Å². The van der Waals surface area contributed by atoms with Crippen LogP contribution >= 0.6 is 0 Å². The van der Waals surface area contributed by atoms with Crippen molar-refractivity contribution in [2.24, 2.45) is 5.92 Å². The van der Waals surface area contributed by atoms with Crippen LogP contribution in [0.25, 0.3) is 0 Å². The second-order valence-electron chi connectivity index (χ2n) is 6.47. The average molecular weight is 307 g/mol. The zero-order valence-corrected chi connectivity index (χ0v) is 13.5. The number of ketones is 1. The summed E-state index contributed by atoms with van der Waals surface area (Å²) in [4.78, 5) is 14.1. The predicted molar refractivity (Wildman–Crippen MR) is 84.9 cm³/mol. The molecule has 1 aliphatic heterocycles. The zero-order valence-electron chi connectivity index (χ0n) is 13.5. The van der Waals surface area contributed by atoms with Crippen molar-refractivity contribution in [3.63, 3.8) is 0 Å². The second-order valence-corrected chi connectivity index (χ2v) is 6.47. The summed E-state index contributed by atoms with van der Waals surface area (Å²) in [7, 11) is 0. The lowest BCUT2D eigenvalue weighted by Gasteiger charge is -2.43. The largest absolute Gasteiger partial charge is 0.375 e. The number of nitrogens with zero attached hydrogens (tertiary/aromatic N) is 1. The van der Waals surface area contributed by atoms with Gasteiger partial charge in [0.25, 0.3) is 0 Å². The van der Waals surface area contributed by atoms with E-state index in [0.29, 0.717) is 12.8 Å². The molecule has 122 valence electrons. The van der Waals surface area contributed by atoms with Gasteiger partial charge in [0.1, 0.15) is 17.3 Å². The standard InChI is InChI=1S/C18H26FNO2/c1-14(21)17(11-8-15-6-9-16(19)10-7-15)18(2,22)20-12-4-3-5-13-20/h6-7,9-10,17,22H,3-5,8,11-13H2,1-2H3. The summed E-state index contributed by atoms with van der Waals surface area (Å²) in [5.41, 5.74) is -0.117. The molecule has 0 spiro atoms. The first-order chi connectivity index (χ1) is 10.4. The van der Waals surface area contributed by atoms with E-state index in [0.717, 1.165) is 31.5 Å². The fourth-order valence-corrected chi connectivity index (χ4v) is 3.39. The molecule has 1 heterocycles. The topological polar surface area (TPSA) is 40.5 Å². The van der Waals surface area contributed by atoms with Gasteiger partial charge in [-0.05, 0) is 57.2 Å². The van der Waals surface area contributed by atoms with Crippen molar-refractivity contribution in [1.82, 2.24) is 4.90 Å². The Bertz CT molecular complexity index is 492. The maximum atomic E-state index is 12.9. The van der Waals surface area contributed by atoms with Gasteiger partial charge in [-0.1, -0.05) is 18.6 Å². The number of likely N-dealkylation sites (tertiary alicyclic amines) is 1. The lowest BCUT2D eigenvalue weighted by molar-refractivity contribution is -0.160. The molecule has 1 aromatic carbocycles. The van der Waals surface area contributed by atoms with Crippen molar-refractivity contribution in [3.8, 4) is 0 Å². The number of carbonyl (C=O) groups excluding carboxylic acids is 1. The number of Topliss-reactive ketones (excluding diaryl/α,β-unsaturated/α-hetero) is 1. The summed E-state index contributed by atoms with van der Waals surface area (Å²) in [5.74, 6) is -0.666. The van der Waals surface area contributed by atoms with E-state index in [2.05, 4.69) is 0 Å². The molecule has 0 radical (unpaired) electrons. The number of hydrogen-bond donors (Lipinski definition) is 1. The van der Waals surface area contributed by atoms with Crippen molar-refractivity contribution in [1.29, 1.82) is 0 Å². The molecule has 0 amide bonds. The summed E-state index contributed by atoms with van der Waals surface area (Å²) in [6.07, 6.45) is 4.56. The van der Waals surface area contributed by atoms with Gasteiger partial charge >= 0.3 is 0 Å². The maximum absolute atomic E-state index is 12.9. The van der Waals surface area contributed by atoms with E-state index in [4.69, 9.17) is 0 Å². The van der Waals surface area contributed by atoms with Crippen molar-refractivity contribution >= 4 is 5.78 Å². The maximum Gasteiger partial charge on any atom is 0.137 e. The number of piperidine rings is 1. The minimum Gasteiger partial charge on any atom is -0.375 e. The van der Waals surface area contributed by atoms with Crippen molar-refractivity contribution in [2.45, 2.75) is 51.7 Å². The Morgan fingerprint density at radius 3 is 2.41 bits per heavy atom. The van der Waals surface area contributed by atoms with Crippen molar-refractivity contribution in [2.75, 3.05) is 13.1 Å². The molecule has 0 aromatic heterocycles. The van der Waals surface area contributed by atoms with Gasteiger partial charge in [0.15, 0.2) is 0 Å². The van der Waals surface area contributed by atoms with Crippen LogP contribution in [-0.2, 0) is 11.2 Å². The zero-order chi connectivity index (χ0) is 16.2. The van der Waals surface area contributed by atoms with Crippen LogP contribution in [0.5, 0.6) is 0 Å². The molecule has 1 aliphatic rings. The van der Waals surface area contributed by atoms with Gasteiger partial charge in [0.05, 0.1) is 5.92 Å². The predicted octanol–water partition coefficient (Wildman–Crippen LogP) is 3.16. The van der Waals surface area contributed by atoms with E-state index < -0.39 is 11.6 Å². The molecule has 2 unspecified atom stereocenters. The lowest BCUT2D eigenvalue weighted by Crippen LogP contribution is -2.55.